The molecule has 4 rings (SSSR count). The molecule has 0 atom stereocenters. The fourth-order valence-electron chi connectivity index (χ4n) is 2.63. The molecule has 3 N–H and O–H groups in total. The monoisotopic (exact) mass is 349 g/mol. The highest BCUT2D eigenvalue weighted by Crippen LogP contribution is 2.17. The third-order valence-electron chi connectivity index (χ3n) is 3.96. The number of nitrogens with two attached hydrogens (primary N) is 1. The van der Waals surface area contributed by atoms with Gasteiger partial charge in [-0.2, -0.15) is 14.9 Å². The number of rotatable bonds is 4. The number of nitrogens with one attached hydrogen (secondary N) is 1. The summed E-state index contributed by atoms with van der Waals surface area (Å²) in [5.74, 6) is 0.424. The predicted octanol–water partition coefficient (Wildman–Crippen LogP) is 1.87. The number of aromatic nitrogens is 6. The van der Waals surface area contributed by atoms with Crippen molar-refractivity contribution in [2.45, 2.75) is 13.8 Å². The molecule has 0 saturated heterocycles. The van der Waals surface area contributed by atoms with Crippen molar-refractivity contribution in [2.24, 2.45) is 10.2 Å². The topological polar surface area (TPSA) is 136 Å². The number of nitrogen functional groups attached to an aromatic ring is 1. The molecule has 0 fully saturated rings. The third kappa shape index (κ3) is 2.62. The highest BCUT2D eigenvalue weighted by molar-refractivity contribution is 6.00. The van der Waals surface area contributed by atoms with E-state index in [2.05, 4.69) is 40.4 Å². The highest BCUT2D eigenvalue weighted by Gasteiger charge is 2.17. The Morgan fingerprint density at radius 3 is 2.96 bits per heavy atom. The first-order valence-corrected chi connectivity index (χ1v) is 7.80. The lowest BCUT2D eigenvalue weighted by Crippen LogP contribution is -2.04. The summed E-state index contributed by atoms with van der Waals surface area (Å²) in [7, 11) is 0. The van der Waals surface area contributed by atoms with Crippen LogP contribution in [-0.4, -0.2) is 42.2 Å². The standard InChI is InChI=1S/C16H15N9O/c1-9(14-10(2)25(24-21-14)16-15(17)22-26-23-16)20-19-8-11-7-18-13-6-4-3-5-12(11)13/h3-8,18H,1-2H3,(H2,17,22)/b19-8-,20-9-. The van der Waals surface area contributed by atoms with Crippen LogP contribution >= 0.6 is 0 Å². The fraction of sp³-hybridized carbons (Fsp3) is 0.125. The van der Waals surface area contributed by atoms with Gasteiger partial charge in [-0.1, -0.05) is 23.4 Å². The largest absolute Gasteiger partial charge is 0.378 e. The SMILES string of the molecule is C/C(=N/N=C\c1c[nH]c2ccccc12)c1nnn(-c2nonc2N)c1C. The maximum absolute atomic E-state index is 5.69. The Bertz CT molecular complexity index is 1130. The van der Waals surface area contributed by atoms with Gasteiger partial charge in [-0.25, -0.2) is 4.63 Å². The smallest absolute Gasteiger partial charge is 0.243 e. The molecule has 0 spiro atoms. The minimum atomic E-state index is 0.136. The van der Waals surface area contributed by atoms with Crippen LogP contribution < -0.4 is 5.73 Å². The normalized spacial score (nSPS) is 12.5. The predicted molar refractivity (Wildman–Crippen MR) is 96.5 cm³/mol. The molecule has 0 aliphatic carbocycles. The van der Waals surface area contributed by atoms with E-state index in [0.717, 1.165) is 16.5 Å². The van der Waals surface area contributed by atoms with Gasteiger partial charge in [0.1, 0.15) is 5.69 Å². The van der Waals surface area contributed by atoms with E-state index in [-0.39, 0.29) is 11.6 Å². The Hall–Kier alpha value is -3.82. The second-order valence-corrected chi connectivity index (χ2v) is 5.63. The Kier molecular flexibility index (Phi) is 3.77. The summed E-state index contributed by atoms with van der Waals surface area (Å²) in [5.41, 5.74) is 9.60. The maximum Gasteiger partial charge on any atom is 0.243 e. The minimum Gasteiger partial charge on any atom is -0.378 e. The number of nitrogens with zero attached hydrogens (tertiary/aromatic N) is 7. The van der Waals surface area contributed by atoms with Crippen LogP contribution in [0.25, 0.3) is 16.7 Å². The van der Waals surface area contributed by atoms with E-state index in [4.69, 9.17) is 5.73 Å². The van der Waals surface area contributed by atoms with E-state index in [9.17, 15) is 0 Å². The zero-order chi connectivity index (χ0) is 18.1. The van der Waals surface area contributed by atoms with Crippen molar-refractivity contribution in [3.05, 3.63) is 47.4 Å². The molecule has 0 aliphatic rings. The summed E-state index contributed by atoms with van der Waals surface area (Å²) in [4.78, 5) is 3.19. The summed E-state index contributed by atoms with van der Waals surface area (Å²) in [5, 5.41) is 24.9. The van der Waals surface area contributed by atoms with Crippen molar-refractivity contribution in [3.63, 3.8) is 0 Å². The molecule has 26 heavy (non-hydrogen) atoms. The lowest BCUT2D eigenvalue weighted by Gasteiger charge is -1.98. The molecule has 3 aromatic heterocycles. The lowest BCUT2D eigenvalue weighted by atomic mass is 10.2. The van der Waals surface area contributed by atoms with E-state index in [1.807, 2.05) is 37.4 Å². The maximum atomic E-state index is 5.69. The molecule has 0 saturated carbocycles. The number of H-pyrrole nitrogens is 1. The summed E-state index contributed by atoms with van der Waals surface area (Å²) < 4.78 is 6.04. The van der Waals surface area contributed by atoms with Crippen LogP contribution in [0.15, 0.2) is 45.3 Å². The Morgan fingerprint density at radius 1 is 1.31 bits per heavy atom. The third-order valence-corrected chi connectivity index (χ3v) is 3.96. The average Bonchev–Trinajstić information content (AvgIpc) is 3.34. The quantitative estimate of drug-likeness (QED) is 0.426. The van der Waals surface area contributed by atoms with E-state index in [0.29, 0.717) is 17.1 Å². The van der Waals surface area contributed by atoms with Gasteiger partial charge in [0.2, 0.25) is 11.6 Å². The first-order valence-electron chi connectivity index (χ1n) is 7.80. The van der Waals surface area contributed by atoms with E-state index in [1.165, 1.54) is 4.68 Å². The van der Waals surface area contributed by atoms with Gasteiger partial charge in [-0.3, -0.25) is 0 Å². The highest BCUT2D eigenvalue weighted by atomic mass is 16.6. The van der Waals surface area contributed by atoms with Crippen molar-refractivity contribution < 1.29 is 4.63 Å². The van der Waals surface area contributed by atoms with Crippen LogP contribution in [0.5, 0.6) is 0 Å². The summed E-state index contributed by atoms with van der Waals surface area (Å²) in [6.45, 7) is 3.63. The number of anilines is 1. The van der Waals surface area contributed by atoms with Gasteiger partial charge in [-0.05, 0) is 30.2 Å². The zero-order valence-electron chi connectivity index (χ0n) is 14.1. The molecule has 10 heteroatoms. The molecular formula is C16H15N9O. The number of benzene rings is 1. The van der Waals surface area contributed by atoms with Crippen molar-refractivity contribution in [1.29, 1.82) is 0 Å². The fourth-order valence-corrected chi connectivity index (χ4v) is 2.63. The van der Waals surface area contributed by atoms with Crippen LogP contribution in [0.2, 0.25) is 0 Å². The van der Waals surface area contributed by atoms with Gasteiger partial charge in [0.25, 0.3) is 0 Å². The van der Waals surface area contributed by atoms with Gasteiger partial charge >= 0.3 is 0 Å². The van der Waals surface area contributed by atoms with Crippen molar-refractivity contribution >= 4 is 28.6 Å². The molecule has 0 amide bonds. The van der Waals surface area contributed by atoms with E-state index < -0.39 is 0 Å². The Balaban J connectivity index is 1.61. The molecule has 0 radical (unpaired) electrons. The van der Waals surface area contributed by atoms with Crippen LogP contribution in [0.3, 0.4) is 0 Å². The summed E-state index contributed by atoms with van der Waals surface area (Å²) >= 11 is 0. The Labute approximate surface area is 147 Å². The Morgan fingerprint density at radius 2 is 2.15 bits per heavy atom. The summed E-state index contributed by atoms with van der Waals surface area (Å²) in [6.07, 6.45) is 3.59. The second kappa shape index (κ2) is 6.24. The lowest BCUT2D eigenvalue weighted by molar-refractivity contribution is 0.306. The van der Waals surface area contributed by atoms with Gasteiger partial charge < -0.3 is 10.7 Å². The van der Waals surface area contributed by atoms with Crippen molar-refractivity contribution in [3.8, 4) is 5.82 Å². The van der Waals surface area contributed by atoms with Gasteiger partial charge in [0, 0.05) is 22.7 Å². The average molecular weight is 349 g/mol. The second-order valence-electron chi connectivity index (χ2n) is 5.63. The first-order chi connectivity index (χ1) is 12.6. The number of hydrogen-bond donors (Lipinski definition) is 2. The molecule has 0 bridgehead atoms. The molecule has 0 aliphatic heterocycles. The molecule has 1 aromatic carbocycles. The number of para-hydroxylation sites is 1. The molecule has 4 aromatic rings. The van der Waals surface area contributed by atoms with Crippen LogP contribution in [-0.2, 0) is 0 Å². The number of aromatic amines is 1. The number of hydrogen-bond acceptors (Lipinski definition) is 8. The molecule has 10 nitrogen and oxygen atoms in total. The van der Waals surface area contributed by atoms with Gasteiger partial charge in [-0.15, -0.1) is 5.10 Å². The number of fused-ring (bicyclic) bond motifs is 1. The molecular weight excluding hydrogens is 334 g/mol. The zero-order valence-corrected chi connectivity index (χ0v) is 14.1. The minimum absolute atomic E-state index is 0.136. The molecule has 130 valence electrons. The van der Waals surface area contributed by atoms with Crippen LogP contribution in [0, 0.1) is 6.92 Å². The van der Waals surface area contributed by atoms with E-state index >= 15 is 0 Å². The van der Waals surface area contributed by atoms with Gasteiger partial charge in [0.05, 0.1) is 17.6 Å². The van der Waals surface area contributed by atoms with Crippen molar-refractivity contribution in [1.82, 2.24) is 30.3 Å². The van der Waals surface area contributed by atoms with Crippen molar-refractivity contribution in [2.75, 3.05) is 5.73 Å². The molecule has 0 unspecified atom stereocenters. The van der Waals surface area contributed by atoms with E-state index in [1.54, 1.807) is 13.1 Å². The first kappa shape index (κ1) is 15.7. The van der Waals surface area contributed by atoms with Gasteiger partial charge in [0.15, 0.2) is 0 Å². The van der Waals surface area contributed by atoms with Crippen LogP contribution in [0.4, 0.5) is 5.82 Å². The van der Waals surface area contributed by atoms with Crippen LogP contribution in [0.1, 0.15) is 23.9 Å². The summed E-state index contributed by atoms with van der Waals surface area (Å²) in [6, 6.07) is 7.99. The molecule has 3 heterocycles.